The molecule has 8 nitrogen and oxygen atoms in total. The van der Waals surface area contributed by atoms with Crippen LogP contribution < -0.4 is 19.1 Å². The molecule has 0 aromatic heterocycles. The number of piperazine rings is 1. The smallest absolute Gasteiger partial charge is 0.251 e. The van der Waals surface area contributed by atoms with E-state index in [2.05, 4.69) is 15.9 Å². The maximum Gasteiger partial charge on any atom is 0.251 e. The van der Waals surface area contributed by atoms with Crippen molar-refractivity contribution in [3.63, 3.8) is 0 Å². The Labute approximate surface area is 180 Å². The number of fused-ring (bicyclic) bond motifs is 1. The summed E-state index contributed by atoms with van der Waals surface area (Å²) in [6.45, 7) is 4.27. The predicted octanol–water partition coefficient (Wildman–Crippen LogP) is 1.87. The minimum Gasteiger partial charge on any atom is -0.497 e. The SMILES string of the molecule is COc1cccc(N2C(=O)C[C@@H](N3CCN(Cc4ccc5c(c4)OCO5)CC3)C2=O)c1. The lowest BCUT2D eigenvalue weighted by molar-refractivity contribution is -0.123. The Morgan fingerprint density at radius 3 is 2.61 bits per heavy atom. The normalized spacial score (nSPS) is 21.7. The molecule has 3 aliphatic heterocycles. The van der Waals surface area contributed by atoms with Crippen LogP contribution in [-0.2, 0) is 16.1 Å². The summed E-state index contributed by atoms with van der Waals surface area (Å²) in [5, 5.41) is 0. The highest BCUT2D eigenvalue weighted by Gasteiger charge is 2.43. The van der Waals surface area contributed by atoms with Crippen LogP contribution in [0.2, 0.25) is 0 Å². The zero-order valence-electron chi connectivity index (χ0n) is 17.5. The Morgan fingerprint density at radius 1 is 1.00 bits per heavy atom. The molecule has 2 aromatic carbocycles. The average Bonchev–Trinajstić information content (AvgIpc) is 3.37. The van der Waals surface area contributed by atoms with E-state index in [9.17, 15) is 9.59 Å². The number of imide groups is 1. The molecule has 0 bridgehead atoms. The molecule has 5 rings (SSSR count). The van der Waals surface area contributed by atoms with Crippen molar-refractivity contribution in [2.75, 3.05) is 45.0 Å². The van der Waals surface area contributed by atoms with Crippen molar-refractivity contribution in [2.24, 2.45) is 0 Å². The first-order chi connectivity index (χ1) is 15.1. The molecule has 0 saturated carbocycles. The van der Waals surface area contributed by atoms with Crippen molar-refractivity contribution in [2.45, 2.75) is 19.0 Å². The molecule has 2 fully saturated rings. The molecule has 2 aromatic rings. The van der Waals surface area contributed by atoms with Gasteiger partial charge < -0.3 is 14.2 Å². The molecule has 8 heteroatoms. The molecule has 1 atom stereocenters. The van der Waals surface area contributed by atoms with Crippen molar-refractivity contribution in [3.05, 3.63) is 48.0 Å². The van der Waals surface area contributed by atoms with Crippen LogP contribution >= 0.6 is 0 Å². The summed E-state index contributed by atoms with van der Waals surface area (Å²) in [4.78, 5) is 31.5. The Bertz CT molecular complexity index is 1000. The van der Waals surface area contributed by atoms with Crippen LogP contribution in [0.1, 0.15) is 12.0 Å². The van der Waals surface area contributed by atoms with Gasteiger partial charge in [0.15, 0.2) is 11.5 Å². The molecule has 0 unspecified atom stereocenters. The van der Waals surface area contributed by atoms with Crippen LogP contribution in [0, 0.1) is 0 Å². The molecular weight excluding hydrogens is 398 g/mol. The second kappa shape index (κ2) is 8.20. The molecule has 2 saturated heterocycles. The Balaban J connectivity index is 1.20. The third-order valence-corrected chi connectivity index (χ3v) is 6.13. The first-order valence-electron chi connectivity index (χ1n) is 10.5. The van der Waals surface area contributed by atoms with E-state index in [1.165, 1.54) is 10.5 Å². The Hall–Kier alpha value is -3.10. The van der Waals surface area contributed by atoms with E-state index in [-0.39, 0.29) is 25.0 Å². The van der Waals surface area contributed by atoms with Gasteiger partial charge in [-0.25, -0.2) is 4.90 Å². The summed E-state index contributed by atoms with van der Waals surface area (Å²) < 4.78 is 16.1. The first-order valence-corrected chi connectivity index (χ1v) is 10.5. The maximum absolute atomic E-state index is 13.1. The largest absolute Gasteiger partial charge is 0.497 e. The van der Waals surface area contributed by atoms with Crippen molar-refractivity contribution >= 4 is 17.5 Å². The lowest BCUT2D eigenvalue weighted by atomic mass is 10.1. The second-order valence-corrected chi connectivity index (χ2v) is 7.99. The fraction of sp³-hybridized carbons (Fsp3) is 0.391. The molecule has 162 valence electrons. The van der Waals surface area contributed by atoms with Crippen LogP contribution in [0.4, 0.5) is 5.69 Å². The van der Waals surface area contributed by atoms with Gasteiger partial charge in [0.25, 0.3) is 5.91 Å². The van der Waals surface area contributed by atoms with Crippen molar-refractivity contribution in [1.82, 2.24) is 9.80 Å². The van der Waals surface area contributed by atoms with E-state index in [1.54, 1.807) is 31.4 Å². The van der Waals surface area contributed by atoms with Crippen molar-refractivity contribution in [3.8, 4) is 17.2 Å². The first kappa shape index (κ1) is 19.8. The standard InChI is InChI=1S/C23H25N3O5/c1-29-18-4-2-3-17(12-18)26-22(27)13-19(23(26)28)25-9-7-24(8-10-25)14-16-5-6-20-21(11-16)31-15-30-20/h2-6,11-12,19H,7-10,13-15H2,1H3/t19-/m1/s1. The van der Waals surface area contributed by atoms with Crippen LogP contribution in [-0.4, -0.2) is 67.7 Å². The van der Waals surface area contributed by atoms with Gasteiger partial charge in [-0.05, 0) is 29.8 Å². The second-order valence-electron chi connectivity index (χ2n) is 7.99. The number of anilines is 1. The number of amides is 2. The topological polar surface area (TPSA) is 71.6 Å². The molecule has 31 heavy (non-hydrogen) atoms. The van der Waals surface area contributed by atoms with E-state index >= 15 is 0 Å². The number of rotatable bonds is 5. The van der Waals surface area contributed by atoms with Gasteiger partial charge in [-0.1, -0.05) is 12.1 Å². The van der Waals surface area contributed by atoms with Crippen LogP contribution in [0.3, 0.4) is 0 Å². The minimum absolute atomic E-state index is 0.150. The van der Waals surface area contributed by atoms with E-state index in [1.807, 2.05) is 12.1 Å². The third kappa shape index (κ3) is 3.84. The van der Waals surface area contributed by atoms with Crippen LogP contribution in [0.5, 0.6) is 17.2 Å². The average molecular weight is 423 g/mol. The van der Waals surface area contributed by atoms with E-state index in [0.717, 1.165) is 44.2 Å². The van der Waals surface area contributed by atoms with E-state index in [4.69, 9.17) is 14.2 Å². The van der Waals surface area contributed by atoms with Gasteiger partial charge >= 0.3 is 0 Å². The summed E-state index contributed by atoms with van der Waals surface area (Å²) in [5.41, 5.74) is 1.74. The maximum atomic E-state index is 13.1. The minimum atomic E-state index is -0.397. The quantitative estimate of drug-likeness (QED) is 0.680. The van der Waals surface area contributed by atoms with Gasteiger partial charge in [0.1, 0.15) is 5.75 Å². The number of carbonyl (C=O) groups excluding carboxylic acids is 2. The number of hydrogen-bond acceptors (Lipinski definition) is 7. The third-order valence-electron chi connectivity index (χ3n) is 6.13. The number of hydrogen-bond donors (Lipinski definition) is 0. The van der Waals surface area contributed by atoms with Crippen LogP contribution in [0.25, 0.3) is 0 Å². The molecule has 0 spiro atoms. The molecule has 0 aliphatic carbocycles. The fourth-order valence-corrected chi connectivity index (χ4v) is 4.45. The molecular formula is C23H25N3O5. The highest BCUT2D eigenvalue weighted by Crippen LogP contribution is 2.33. The number of nitrogens with zero attached hydrogens (tertiary/aromatic N) is 3. The van der Waals surface area contributed by atoms with Gasteiger partial charge in [0.2, 0.25) is 12.7 Å². The zero-order chi connectivity index (χ0) is 21.4. The van der Waals surface area contributed by atoms with Crippen LogP contribution in [0.15, 0.2) is 42.5 Å². The lowest BCUT2D eigenvalue weighted by Gasteiger charge is -2.37. The molecule has 0 radical (unpaired) electrons. The van der Waals surface area contributed by atoms with Crippen molar-refractivity contribution < 1.29 is 23.8 Å². The highest BCUT2D eigenvalue weighted by molar-refractivity contribution is 6.22. The highest BCUT2D eigenvalue weighted by atomic mass is 16.7. The zero-order valence-corrected chi connectivity index (χ0v) is 17.5. The summed E-state index contributed by atoms with van der Waals surface area (Å²) in [6, 6.07) is 12.7. The molecule has 0 N–H and O–H groups in total. The number of ether oxygens (including phenoxy) is 3. The van der Waals surface area contributed by atoms with Gasteiger partial charge in [-0.2, -0.15) is 0 Å². The fourth-order valence-electron chi connectivity index (χ4n) is 4.45. The predicted molar refractivity (Wildman–Crippen MR) is 113 cm³/mol. The summed E-state index contributed by atoms with van der Waals surface area (Å²) >= 11 is 0. The van der Waals surface area contributed by atoms with E-state index < -0.39 is 6.04 Å². The molecule has 2 amide bonds. The number of carbonyl (C=O) groups is 2. The van der Waals surface area contributed by atoms with Gasteiger partial charge in [-0.3, -0.25) is 19.4 Å². The summed E-state index contributed by atoms with van der Waals surface area (Å²) in [5.74, 6) is 1.90. The Kier molecular flexibility index (Phi) is 5.25. The van der Waals surface area contributed by atoms with Gasteiger partial charge in [0, 0.05) is 38.8 Å². The van der Waals surface area contributed by atoms with Gasteiger partial charge in [-0.15, -0.1) is 0 Å². The monoisotopic (exact) mass is 423 g/mol. The molecule has 3 aliphatic rings. The van der Waals surface area contributed by atoms with Crippen molar-refractivity contribution in [1.29, 1.82) is 0 Å². The molecule has 3 heterocycles. The number of benzene rings is 2. The summed E-state index contributed by atoms with van der Waals surface area (Å²) in [6.07, 6.45) is 0.220. The lowest BCUT2D eigenvalue weighted by Crippen LogP contribution is -2.52. The Morgan fingerprint density at radius 2 is 1.81 bits per heavy atom. The van der Waals surface area contributed by atoms with E-state index in [0.29, 0.717) is 11.4 Å². The number of methoxy groups -OCH3 is 1. The summed E-state index contributed by atoms with van der Waals surface area (Å²) in [7, 11) is 1.57. The van der Waals surface area contributed by atoms with Gasteiger partial charge in [0.05, 0.1) is 25.3 Å².